The highest BCUT2D eigenvalue weighted by molar-refractivity contribution is 6.07. The van der Waals surface area contributed by atoms with Gasteiger partial charge in [-0.2, -0.15) is 0 Å². The number of carbonyl (C=O) groups is 1. The number of benzene rings is 2. The van der Waals surface area contributed by atoms with Gasteiger partial charge in [-0.3, -0.25) is 4.79 Å². The van der Waals surface area contributed by atoms with Gasteiger partial charge >= 0.3 is 0 Å². The zero-order valence-corrected chi connectivity index (χ0v) is 13.3. The van der Waals surface area contributed by atoms with Crippen LogP contribution in [0.2, 0.25) is 0 Å². The maximum Gasteiger partial charge on any atom is 0.221 e. The summed E-state index contributed by atoms with van der Waals surface area (Å²) in [5, 5.41) is 10.5. The molecule has 0 spiro atoms. The molecule has 0 aliphatic rings. The number of para-hydroxylation sites is 1. The SMILES string of the molecule is COc1ccc(/C=C/C(=O)c2cc3cccc(OC)c3o2)cc1O. The van der Waals surface area contributed by atoms with Gasteiger partial charge in [0.05, 0.1) is 14.2 Å². The summed E-state index contributed by atoms with van der Waals surface area (Å²) >= 11 is 0. The first-order valence-electron chi connectivity index (χ1n) is 7.28. The van der Waals surface area contributed by atoms with E-state index in [1.54, 1.807) is 37.5 Å². The van der Waals surface area contributed by atoms with E-state index in [2.05, 4.69) is 0 Å². The molecule has 3 rings (SSSR count). The zero-order chi connectivity index (χ0) is 17.1. The van der Waals surface area contributed by atoms with Crippen LogP contribution in [0, 0.1) is 0 Å². The van der Waals surface area contributed by atoms with Gasteiger partial charge in [0.2, 0.25) is 5.78 Å². The fraction of sp³-hybridized carbons (Fsp3) is 0.105. The molecule has 0 saturated carbocycles. The first-order chi connectivity index (χ1) is 11.6. The van der Waals surface area contributed by atoms with Gasteiger partial charge in [-0.25, -0.2) is 0 Å². The smallest absolute Gasteiger partial charge is 0.221 e. The molecule has 0 fully saturated rings. The largest absolute Gasteiger partial charge is 0.504 e. The highest BCUT2D eigenvalue weighted by atomic mass is 16.5. The van der Waals surface area contributed by atoms with Crippen LogP contribution in [0.3, 0.4) is 0 Å². The molecule has 5 nitrogen and oxygen atoms in total. The number of hydrogen-bond donors (Lipinski definition) is 1. The van der Waals surface area contributed by atoms with Crippen LogP contribution in [-0.2, 0) is 0 Å². The fourth-order valence-electron chi connectivity index (χ4n) is 2.38. The van der Waals surface area contributed by atoms with Crippen molar-refractivity contribution < 1.29 is 23.8 Å². The third-order valence-electron chi connectivity index (χ3n) is 3.60. The average Bonchev–Trinajstić information content (AvgIpc) is 3.04. The lowest BCUT2D eigenvalue weighted by Gasteiger charge is -2.03. The number of fused-ring (bicyclic) bond motifs is 1. The first kappa shape index (κ1) is 15.7. The van der Waals surface area contributed by atoms with Crippen molar-refractivity contribution in [1.82, 2.24) is 0 Å². The topological polar surface area (TPSA) is 68.9 Å². The second-order valence-corrected chi connectivity index (χ2v) is 5.12. The summed E-state index contributed by atoms with van der Waals surface area (Å²) < 4.78 is 15.8. The van der Waals surface area contributed by atoms with Crippen LogP contribution < -0.4 is 9.47 Å². The molecule has 0 aliphatic heterocycles. The van der Waals surface area contributed by atoms with Gasteiger partial charge in [-0.1, -0.05) is 24.3 Å². The van der Waals surface area contributed by atoms with Crippen LogP contribution in [0.25, 0.3) is 17.0 Å². The Balaban J connectivity index is 1.85. The van der Waals surface area contributed by atoms with Crippen molar-refractivity contribution >= 4 is 22.8 Å². The third-order valence-corrected chi connectivity index (χ3v) is 3.60. The molecular formula is C19H16O5. The van der Waals surface area contributed by atoms with E-state index in [9.17, 15) is 9.90 Å². The lowest BCUT2D eigenvalue weighted by Crippen LogP contribution is -1.90. The molecule has 0 unspecified atom stereocenters. The lowest BCUT2D eigenvalue weighted by atomic mass is 10.1. The Kier molecular flexibility index (Phi) is 4.24. The monoisotopic (exact) mass is 324 g/mol. The van der Waals surface area contributed by atoms with Gasteiger partial charge in [0, 0.05) is 5.39 Å². The fourth-order valence-corrected chi connectivity index (χ4v) is 2.38. The number of phenolic OH excluding ortho intramolecular Hbond substituents is 1. The van der Waals surface area contributed by atoms with E-state index >= 15 is 0 Å². The standard InChI is InChI=1S/C19H16O5/c1-22-16-9-7-12(10-15(16)21)6-8-14(20)18-11-13-4-3-5-17(23-2)19(13)24-18/h3-11,21H,1-2H3/b8-6+. The Morgan fingerprint density at radius 3 is 2.58 bits per heavy atom. The Morgan fingerprint density at radius 1 is 1.08 bits per heavy atom. The molecule has 1 aromatic heterocycles. The number of aromatic hydroxyl groups is 1. The summed E-state index contributed by atoms with van der Waals surface area (Å²) in [6.45, 7) is 0. The maximum atomic E-state index is 12.3. The number of ether oxygens (including phenoxy) is 2. The molecule has 0 saturated heterocycles. The van der Waals surface area contributed by atoms with Crippen molar-refractivity contribution in [3.05, 3.63) is 59.9 Å². The van der Waals surface area contributed by atoms with Crippen LogP contribution >= 0.6 is 0 Å². The molecule has 2 aromatic carbocycles. The van der Waals surface area contributed by atoms with Gasteiger partial charge in [-0.05, 0) is 35.9 Å². The van der Waals surface area contributed by atoms with Crippen LogP contribution in [0.5, 0.6) is 17.2 Å². The summed E-state index contributed by atoms with van der Waals surface area (Å²) in [5.74, 6) is 0.922. The molecule has 122 valence electrons. The average molecular weight is 324 g/mol. The molecule has 0 aliphatic carbocycles. The number of phenols is 1. The predicted octanol–water partition coefficient (Wildman–Crippen LogP) is 4.05. The molecule has 1 N–H and O–H groups in total. The molecule has 5 heteroatoms. The Hall–Kier alpha value is -3.21. The molecule has 24 heavy (non-hydrogen) atoms. The minimum absolute atomic E-state index is 0.0144. The molecule has 1 heterocycles. The van der Waals surface area contributed by atoms with Crippen LogP contribution in [0.4, 0.5) is 0 Å². The minimum atomic E-state index is -0.274. The van der Waals surface area contributed by atoms with E-state index in [0.717, 1.165) is 5.39 Å². The summed E-state index contributed by atoms with van der Waals surface area (Å²) in [6, 6.07) is 12.0. The Bertz CT molecular complexity index is 921. The van der Waals surface area contributed by atoms with Gasteiger partial charge in [-0.15, -0.1) is 0 Å². The number of methoxy groups -OCH3 is 2. The van der Waals surface area contributed by atoms with Gasteiger partial charge in [0.15, 0.2) is 28.6 Å². The lowest BCUT2D eigenvalue weighted by molar-refractivity contribution is 0.102. The van der Waals surface area contributed by atoms with E-state index in [1.807, 2.05) is 12.1 Å². The zero-order valence-electron chi connectivity index (χ0n) is 13.3. The number of furan rings is 1. The quantitative estimate of drug-likeness (QED) is 0.566. The van der Waals surface area contributed by atoms with Crippen LogP contribution in [-0.4, -0.2) is 25.1 Å². The predicted molar refractivity (Wildman–Crippen MR) is 90.8 cm³/mol. The summed E-state index contributed by atoms with van der Waals surface area (Å²) in [6.07, 6.45) is 3.00. The molecule has 0 bridgehead atoms. The number of allylic oxidation sites excluding steroid dienone is 1. The van der Waals surface area contributed by atoms with Crippen molar-refractivity contribution in [2.75, 3.05) is 14.2 Å². The van der Waals surface area contributed by atoms with Crippen LogP contribution in [0.15, 0.2) is 53.0 Å². The van der Waals surface area contributed by atoms with Crippen molar-refractivity contribution in [1.29, 1.82) is 0 Å². The number of hydrogen-bond acceptors (Lipinski definition) is 5. The minimum Gasteiger partial charge on any atom is -0.504 e. The number of carbonyl (C=O) groups excluding carboxylic acids is 1. The highest BCUT2D eigenvalue weighted by Gasteiger charge is 2.12. The number of ketones is 1. The van der Waals surface area contributed by atoms with Crippen molar-refractivity contribution in [3.8, 4) is 17.2 Å². The van der Waals surface area contributed by atoms with E-state index in [-0.39, 0.29) is 17.3 Å². The van der Waals surface area contributed by atoms with Crippen molar-refractivity contribution in [2.45, 2.75) is 0 Å². The summed E-state index contributed by atoms with van der Waals surface area (Å²) in [4.78, 5) is 12.3. The molecule has 3 aromatic rings. The molecule has 0 atom stereocenters. The first-order valence-corrected chi connectivity index (χ1v) is 7.28. The third kappa shape index (κ3) is 2.96. The molecule has 0 radical (unpaired) electrons. The number of rotatable bonds is 5. The van der Waals surface area contributed by atoms with Crippen molar-refractivity contribution in [3.63, 3.8) is 0 Å². The normalized spacial score (nSPS) is 11.1. The maximum absolute atomic E-state index is 12.3. The highest BCUT2D eigenvalue weighted by Crippen LogP contribution is 2.29. The van der Waals surface area contributed by atoms with Gasteiger partial charge in [0.25, 0.3) is 0 Å². The molecule has 0 amide bonds. The van der Waals surface area contributed by atoms with E-state index in [0.29, 0.717) is 22.6 Å². The Morgan fingerprint density at radius 2 is 1.88 bits per heavy atom. The van der Waals surface area contributed by atoms with Crippen LogP contribution in [0.1, 0.15) is 16.1 Å². The second kappa shape index (κ2) is 6.50. The Labute approximate surface area is 138 Å². The van der Waals surface area contributed by atoms with E-state index in [4.69, 9.17) is 13.9 Å². The van der Waals surface area contributed by atoms with Gasteiger partial charge in [0.1, 0.15) is 0 Å². The summed E-state index contributed by atoms with van der Waals surface area (Å²) in [5.41, 5.74) is 1.22. The second-order valence-electron chi connectivity index (χ2n) is 5.12. The molecular weight excluding hydrogens is 308 g/mol. The van der Waals surface area contributed by atoms with E-state index < -0.39 is 0 Å². The van der Waals surface area contributed by atoms with Gasteiger partial charge < -0.3 is 19.0 Å². The van der Waals surface area contributed by atoms with Crippen molar-refractivity contribution in [2.24, 2.45) is 0 Å². The summed E-state index contributed by atoms with van der Waals surface area (Å²) in [7, 11) is 3.03. The van der Waals surface area contributed by atoms with E-state index in [1.165, 1.54) is 19.3 Å².